The van der Waals surface area contributed by atoms with E-state index in [1.165, 1.54) is 16.4 Å². The lowest BCUT2D eigenvalue weighted by Crippen LogP contribution is -2.25. The van der Waals surface area contributed by atoms with E-state index in [-0.39, 0.29) is 12.3 Å². The van der Waals surface area contributed by atoms with Crippen molar-refractivity contribution in [3.05, 3.63) is 29.3 Å². The first-order valence-corrected chi connectivity index (χ1v) is 10.4. The smallest absolute Gasteiger partial charge is 0.304 e. The van der Waals surface area contributed by atoms with Crippen molar-refractivity contribution >= 4 is 33.5 Å². The van der Waals surface area contributed by atoms with Gasteiger partial charge in [-0.25, -0.2) is 0 Å². The molecule has 0 atom stereocenters. The molecule has 0 saturated heterocycles. The van der Waals surface area contributed by atoms with Gasteiger partial charge in [0.15, 0.2) is 0 Å². The van der Waals surface area contributed by atoms with Crippen molar-refractivity contribution in [2.24, 2.45) is 0 Å². The monoisotopic (exact) mass is 371 g/mol. The van der Waals surface area contributed by atoms with Gasteiger partial charge >= 0.3 is 5.97 Å². The molecule has 1 amide bonds. The zero-order valence-electron chi connectivity index (χ0n) is 14.2. The Kier molecular flexibility index (Phi) is 10.4. The maximum atomic E-state index is 11.7. The standard InChI is InChI=1S/C17H25NO4S2/c1-13-5-6-15(14(2)12-13)22-9-3-4-16(19)18-8-11-24-23-10-7-17(20)21/h5-6,12H,3-4,7-11H2,1-2H3,(H,18,19)(H,20,21). The van der Waals surface area contributed by atoms with Crippen LogP contribution in [0.25, 0.3) is 0 Å². The van der Waals surface area contributed by atoms with Crippen molar-refractivity contribution in [3.63, 3.8) is 0 Å². The van der Waals surface area contributed by atoms with Crippen molar-refractivity contribution in [2.45, 2.75) is 33.1 Å². The molecule has 0 unspecified atom stereocenters. The number of nitrogens with one attached hydrogen (secondary N) is 1. The second-order valence-electron chi connectivity index (χ2n) is 5.36. The van der Waals surface area contributed by atoms with Gasteiger partial charge in [-0.05, 0) is 31.9 Å². The first-order valence-electron chi connectivity index (χ1n) is 7.92. The van der Waals surface area contributed by atoms with E-state index in [1.54, 1.807) is 10.8 Å². The Morgan fingerprint density at radius 1 is 1.17 bits per heavy atom. The van der Waals surface area contributed by atoms with Gasteiger partial charge in [0.05, 0.1) is 13.0 Å². The maximum Gasteiger partial charge on any atom is 0.304 e. The van der Waals surface area contributed by atoms with Gasteiger partial charge < -0.3 is 15.2 Å². The molecule has 0 aromatic heterocycles. The lowest BCUT2D eigenvalue weighted by atomic mass is 10.1. The first kappa shape index (κ1) is 20.7. The summed E-state index contributed by atoms with van der Waals surface area (Å²) < 4.78 is 5.70. The summed E-state index contributed by atoms with van der Waals surface area (Å²) >= 11 is 0. The van der Waals surface area contributed by atoms with Crippen LogP contribution in [0.15, 0.2) is 18.2 Å². The van der Waals surface area contributed by atoms with E-state index in [2.05, 4.69) is 11.4 Å². The Hall–Kier alpha value is -1.34. The van der Waals surface area contributed by atoms with Crippen molar-refractivity contribution in [3.8, 4) is 5.75 Å². The Morgan fingerprint density at radius 3 is 2.62 bits per heavy atom. The number of aryl methyl sites for hydroxylation is 2. The van der Waals surface area contributed by atoms with E-state index < -0.39 is 5.97 Å². The number of rotatable bonds is 12. The number of carboxylic acids is 1. The third-order valence-corrected chi connectivity index (χ3v) is 5.53. The van der Waals surface area contributed by atoms with Crippen LogP contribution in [0.3, 0.4) is 0 Å². The quantitative estimate of drug-likeness (QED) is 0.433. The molecular formula is C17H25NO4S2. The summed E-state index contributed by atoms with van der Waals surface area (Å²) in [5.74, 6) is 1.48. The number of carbonyl (C=O) groups is 2. The van der Waals surface area contributed by atoms with Gasteiger partial charge in [0.25, 0.3) is 0 Å². The summed E-state index contributed by atoms with van der Waals surface area (Å²) in [6.07, 6.45) is 1.30. The van der Waals surface area contributed by atoms with Crippen LogP contribution in [-0.2, 0) is 9.59 Å². The predicted molar refractivity (Wildman–Crippen MR) is 101 cm³/mol. The topological polar surface area (TPSA) is 75.6 Å². The van der Waals surface area contributed by atoms with Crippen LogP contribution < -0.4 is 10.1 Å². The third kappa shape index (κ3) is 9.72. The van der Waals surface area contributed by atoms with E-state index in [9.17, 15) is 9.59 Å². The molecule has 0 radical (unpaired) electrons. The van der Waals surface area contributed by atoms with Gasteiger partial charge in [-0.15, -0.1) is 0 Å². The molecule has 1 aromatic rings. The molecule has 2 N–H and O–H groups in total. The SMILES string of the molecule is Cc1ccc(OCCCC(=O)NCCSSCCC(=O)O)c(C)c1. The third-order valence-electron chi connectivity index (χ3n) is 3.13. The fraction of sp³-hybridized carbons (Fsp3) is 0.529. The van der Waals surface area contributed by atoms with Crippen molar-refractivity contribution in [2.75, 3.05) is 24.7 Å². The van der Waals surface area contributed by atoms with Crippen LogP contribution in [0.4, 0.5) is 0 Å². The first-order chi connectivity index (χ1) is 11.5. The van der Waals surface area contributed by atoms with Gasteiger partial charge in [-0.2, -0.15) is 0 Å². The molecule has 134 valence electrons. The number of amides is 1. The van der Waals surface area contributed by atoms with Crippen LogP contribution >= 0.6 is 21.6 Å². The highest BCUT2D eigenvalue weighted by Gasteiger charge is 2.03. The average molecular weight is 372 g/mol. The van der Waals surface area contributed by atoms with E-state index >= 15 is 0 Å². The van der Waals surface area contributed by atoms with Crippen molar-refractivity contribution < 1.29 is 19.4 Å². The lowest BCUT2D eigenvalue weighted by Gasteiger charge is -2.10. The summed E-state index contributed by atoms with van der Waals surface area (Å²) in [5.41, 5.74) is 2.31. The van der Waals surface area contributed by atoms with E-state index in [1.807, 2.05) is 26.0 Å². The zero-order chi connectivity index (χ0) is 17.8. The fourth-order valence-corrected chi connectivity index (χ4v) is 3.83. The average Bonchev–Trinajstić information content (AvgIpc) is 2.52. The Bertz CT molecular complexity index is 537. The summed E-state index contributed by atoms with van der Waals surface area (Å²) in [4.78, 5) is 22.0. The number of aliphatic carboxylic acids is 1. The Labute approximate surface area is 151 Å². The molecule has 1 aromatic carbocycles. The largest absolute Gasteiger partial charge is 0.493 e. The molecular weight excluding hydrogens is 346 g/mol. The highest BCUT2D eigenvalue weighted by atomic mass is 33.1. The summed E-state index contributed by atoms with van der Waals surface area (Å²) in [6.45, 7) is 5.18. The van der Waals surface area contributed by atoms with Gasteiger partial charge in [-0.3, -0.25) is 9.59 Å². The van der Waals surface area contributed by atoms with Gasteiger partial charge in [-0.1, -0.05) is 39.3 Å². The summed E-state index contributed by atoms with van der Waals surface area (Å²) in [6, 6.07) is 6.05. The molecule has 0 aliphatic heterocycles. The van der Waals surface area contributed by atoms with Crippen LogP contribution in [0.5, 0.6) is 5.75 Å². The van der Waals surface area contributed by atoms with Crippen LogP contribution in [0, 0.1) is 13.8 Å². The molecule has 0 aliphatic carbocycles. The minimum Gasteiger partial charge on any atom is -0.493 e. The molecule has 0 heterocycles. The van der Waals surface area contributed by atoms with Gasteiger partial charge in [0.1, 0.15) is 5.75 Å². The fourth-order valence-electron chi connectivity index (χ4n) is 1.94. The van der Waals surface area contributed by atoms with E-state index in [0.29, 0.717) is 31.7 Å². The molecule has 5 nitrogen and oxygen atoms in total. The van der Waals surface area contributed by atoms with Gasteiger partial charge in [0, 0.05) is 24.5 Å². The van der Waals surface area contributed by atoms with E-state index in [0.717, 1.165) is 17.1 Å². The van der Waals surface area contributed by atoms with Crippen LogP contribution in [0.1, 0.15) is 30.4 Å². The molecule has 1 rings (SSSR count). The Balaban J connectivity index is 2.01. The number of carboxylic acid groups (broad SMARTS) is 1. The minimum atomic E-state index is -0.778. The second kappa shape index (κ2) is 12.1. The normalized spacial score (nSPS) is 10.4. The minimum absolute atomic E-state index is 0.0235. The van der Waals surface area contributed by atoms with Crippen molar-refractivity contribution in [1.29, 1.82) is 0 Å². The molecule has 0 aliphatic rings. The summed E-state index contributed by atoms with van der Waals surface area (Å²) in [7, 11) is 3.10. The van der Waals surface area contributed by atoms with Crippen molar-refractivity contribution in [1.82, 2.24) is 5.32 Å². The molecule has 0 fully saturated rings. The van der Waals surface area contributed by atoms with Gasteiger partial charge in [0.2, 0.25) is 5.91 Å². The highest BCUT2D eigenvalue weighted by molar-refractivity contribution is 8.76. The number of carbonyl (C=O) groups excluding carboxylic acids is 1. The number of hydrogen-bond acceptors (Lipinski definition) is 5. The Morgan fingerprint density at radius 2 is 1.92 bits per heavy atom. The van der Waals surface area contributed by atoms with Crippen LogP contribution in [-0.4, -0.2) is 41.6 Å². The number of ether oxygens (including phenoxy) is 1. The number of benzene rings is 1. The molecule has 24 heavy (non-hydrogen) atoms. The van der Waals surface area contributed by atoms with E-state index in [4.69, 9.17) is 9.84 Å². The lowest BCUT2D eigenvalue weighted by molar-refractivity contribution is -0.136. The molecule has 7 heteroatoms. The van der Waals surface area contributed by atoms with Crippen LogP contribution in [0.2, 0.25) is 0 Å². The molecule has 0 saturated carbocycles. The predicted octanol–water partition coefficient (Wildman–Crippen LogP) is 3.43. The molecule has 0 spiro atoms. The maximum absolute atomic E-state index is 11.7. The second-order valence-corrected chi connectivity index (χ2v) is 8.06. The summed E-state index contributed by atoms with van der Waals surface area (Å²) in [5, 5.41) is 11.4. The highest BCUT2D eigenvalue weighted by Crippen LogP contribution is 2.21. The number of hydrogen-bond donors (Lipinski definition) is 2. The zero-order valence-corrected chi connectivity index (χ0v) is 15.8. The molecule has 0 bridgehead atoms.